The van der Waals surface area contributed by atoms with Crippen LogP contribution in [-0.2, 0) is 0 Å². The number of aliphatic imine (C=N–C) groups is 1. The molecule has 0 aromatic heterocycles. The standard InChI is InChI=1S/C12H23N3/c1-2-3-10-6-8-15(9-7-10)12(13)14-11-4-5-11/h10-11H,2-9H2,1H3,(H2,13,14). The average Bonchev–Trinajstić information content (AvgIpc) is 3.03. The molecule has 0 aromatic rings. The lowest BCUT2D eigenvalue weighted by atomic mass is 9.93. The van der Waals surface area contributed by atoms with Crippen LogP contribution in [0.1, 0.15) is 45.4 Å². The third kappa shape index (κ3) is 3.11. The van der Waals surface area contributed by atoms with E-state index < -0.39 is 0 Å². The van der Waals surface area contributed by atoms with Crippen LogP contribution in [0.2, 0.25) is 0 Å². The minimum atomic E-state index is 0.554. The summed E-state index contributed by atoms with van der Waals surface area (Å²) in [5.41, 5.74) is 5.98. The molecule has 1 heterocycles. The fourth-order valence-electron chi connectivity index (χ4n) is 2.33. The summed E-state index contributed by atoms with van der Waals surface area (Å²) in [7, 11) is 0. The highest BCUT2D eigenvalue weighted by Crippen LogP contribution is 2.25. The Morgan fingerprint density at radius 2 is 1.93 bits per heavy atom. The number of hydrogen-bond donors (Lipinski definition) is 1. The number of guanidine groups is 1. The highest BCUT2D eigenvalue weighted by molar-refractivity contribution is 5.78. The van der Waals surface area contributed by atoms with E-state index in [1.165, 1.54) is 38.5 Å². The number of nitrogens with two attached hydrogens (primary N) is 1. The first-order valence-corrected chi connectivity index (χ1v) is 6.37. The van der Waals surface area contributed by atoms with E-state index in [2.05, 4.69) is 16.8 Å². The van der Waals surface area contributed by atoms with E-state index in [9.17, 15) is 0 Å². The summed E-state index contributed by atoms with van der Waals surface area (Å²) in [4.78, 5) is 6.77. The van der Waals surface area contributed by atoms with Gasteiger partial charge >= 0.3 is 0 Å². The molecule has 0 spiro atoms. The van der Waals surface area contributed by atoms with Crippen LogP contribution in [-0.4, -0.2) is 30.0 Å². The van der Waals surface area contributed by atoms with E-state index in [1.54, 1.807) is 0 Å². The van der Waals surface area contributed by atoms with Gasteiger partial charge in [0.2, 0.25) is 0 Å². The molecule has 0 radical (unpaired) electrons. The summed E-state index contributed by atoms with van der Waals surface area (Å²) < 4.78 is 0. The maximum atomic E-state index is 5.98. The lowest BCUT2D eigenvalue weighted by Crippen LogP contribution is -2.43. The Labute approximate surface area is 92.7 Å². The van der Waals surface area contributed by atoms with E-state index >= 15 is 0 Å². The van der Waals surface area contributed by atoms with Gasteiger partial charge in [-0.05, 0) is 31.6 Å². The van der Waals surface area contributed by atoms with E-state index in [1.807, 2.05) is 0 Å². The third-order valence-corrected chi connectivity index (χ3v) is 3.50. The van der Waals surface area contributed by atoms with Gasteiger partial charge in [0, 0.05) is 13.1 Å². The van der Waals surface area contributed by atoms with E-state index in [0.717, 1.165) is 25.0 Å². The summed E-state index contributed by atoms with van der Waals surface area (Å²) >= 11 is 0. The van der Waals surface area contributed by atoms with Crippen LogP contribution in [0.3, 0.4) is 0 Å². The molecule has 1 saturated carbocycles. The minimum Gasteiger partial charge on any atom is -0.370 e. The van der Waals surface area contributed by atoms with Gasteiger partial charge in [-0.3, -0.25) is 0 Å². The molecule has 1 aliphatic carbocycles. The summed E-state index contributed by atoms with van der Waals surface area (Å²) in [5, 5.41) is 0. The van der Waals surface area contributed by atoms with Crippen LogP contribution in [0.4, 0.5) is 0 Å². The highest BCUT2D eigenvalue weighted by atomic mass is 15.3. The maximum absolute atomic E-state index is 5.98. The van der Waals surface area contributed by atoms with Crippen LogP contribution in [0, 0.1) is 5.92 Å². The average molecular weight is 209 g/mol. The molecule has 0 amide bonds. The number of likely N-dealkylation sites (tertiary alicyclic amines) is 1. The van der Waals surface area contributed by atoms with Crippen LogP contribution < -0.4 is 5.73 Å². The molecule has 0 unspecified atom stereocenters. The number of rotatable bonds is 3. The van der Waals surface area contributed by atoms with Crippen molar-refractivity contribution in [2.45, 2.75) is 51.5 Å². The van der Waals surface area contributed by atoms with E-state index in [4.69, 9.17) is 5.73 Å². The molecular weight excluding hydrogens is 186 g/mol. The first-order chi connectivity index (χ1) is 7.29. The first-order valence-electron chi connectivity index (χ1n) is 6.37. The summed E-state index contributed by atoms with van der Waals surface area (Å²) in [5.74, 6) is 1.73. The molecule has 15 heavy (non-hydrogen) atoms. The normalized spacial score (nSPS) is 24.6. The topological polar surface area (TPSA) is 41.6 Å². The van der Waals surface area contributed by atoms with Crippen LogP contribution in [0.25, 0.3) is 0 Å². The van der Waals surface area contributed by atoms with Gasteiger partial charge < -0.3 is 10.6 Å². The van der Waals surface area contributed by atoms with Crippen molar-refractivity contribution in [3.8, 4) is 0 Å². The molecular formula is C12H23N3. The van der Waals surface area contributed by atoms with Gasteiger partial charge in [0.1, 0.15) is 0 Å². The van der Waals surface area contributed by atoms with Crippen molar-refractivity contribution >= 4 is 5.96 Å². The fraction of sp³-hybridized carbons (Fsp3) is 0.917. The molecule has 1 aliphatic heterocycles. The molecule has 1 saturated heterocycles. The van der Waals surface area contributed by atoms with Gasteiger partial charge in [0.25, 0.3) is 0 Å². The van der Waals surface area contributed by atoms with Gasteiger partial charge in [-0.25, -0.2) is 4.99 Å². The van der Waals surface area contributed by atoms with Crippen molar-refractivity contribution in [3.63, 3.8) is 0 Å². The van der Waals surface area contributed by atoms with Crippen molar-refractivity contribution in [1.82, 2.24) is 4.90 Å². The number of nitrogens with zero attached hydrogens (tertiary/aromatic N) is 2. The maximum Gasteiger partial charge on any atom is 0.191 e. The molecule has 3 nitrogen and oxygen atoms in total. The zero-order chi connectivity index (χ0) is 10.7. The Kier molecular flexibility index (Phi) is 3.49. The highest BCUT2D eigenvalue weighted by Gasteiger charge is 2.24. The van der Waals surface area contributed by atoms with E-state index in [0.29, 0.717) is 6.04 Å². The quantitative estimate of drug-likeness (QED) is 0.570. The predicted molar refractivity (Wildman–Crippen MR) is 63.8 cm³/mol. The van der Waals surface area contributed by atoms with Gasteiger partial charge in [-0.2, -0.15) is 0 Å². The molecule has 2 rings (SSSR count). The summed E-state index contributed by atoms with van der Waals surface area (Å²) in [6.07, 6.45) is 7.78. The van der Waals surface area contributed by atoms with Gasteiger partial charge in [-0.15, -0.1) is 0 Å². The molecule has 0 atom stereocenters. The molecule has 3 heteroatoms. The van der Waals surface area contributed by atoms with Crippen molar-refractivity contribution in [2.24, 2.45) is 16.6 Å². The SMILES string of the molecule is CCCC1CCN(C(N)=NC2CC2)CC1. The fourth-order valence-corrected chi connectivity index (χ4v) is 2.33. The zero-order valence-electron chi connectivity index (χ0n) is 9.78. The second-order valence-electron chi connectivity index (χ2n) is 4.94. The van der Waals surface area contributed by atoms with Gasteiger partial charge in [0.15, 0.2) is 5.96 Å². The second kappa shape index (κ2) is 4.86. The van der Waals surface area contributed by atoms with Crippen molar-refractivity contribution in [2.75, 3.05) is 13.1 Å². The number of piperidine rings is 1. The molecule has 2 N–H and O–H groups in total. The molecule has 0 aromatic carbocycles. The van der Waals surface area contributed by atoms with Gasteiger partial charge in [0.05, 0.1) is 6.04 Å². The summed E-state index contributed by atoms with van der Waals surface area (Å²) in [6, 6.07) is 0.554. The summed E-state index contributed by atoms with van der Waals surface area (Å²) in [6.45, 7) is 4.51. The first kappa shape index (κ1) is 10.8. The predicted octanol–water partition coefficient (Wildman–Crippen LogP) is 1.98. The van der Waals surface area contributed by atoms with Crippen molar-refractivity contribution < 1.29 is 0 Å². The van der Waals surface area contributed by atoms with E-state index in [-0.39, 0.29) is 0 Å². The lowest BCUT2D eigenvalue weighted by molar-refractivity contribution is 0.252. The molecule has 2 aliphatic rings. The Morgan fingerprint density at radius 1 is 1.27 bits per heavy atom. The van der Waals surface area contributed by atoms with Crippen LogP contribution >= 0.6 is 0 Å². The Hall–Kier alpha value is -0.730. The lowest BCUT2D eigenvalue weighted by Gasteiger charge is -2.32. The minimum absolute atomic E-state index is 0.554. The Balaban J connectivity index is 1.76. The van der Waals surface area contributed by atoms with Crippen LogP contribution in [0.5, 0.6) is 0 Å². The van der Waals surface area contributed by atoms with Crippen molar-refractivity contribution in [3.05, 3.63) is 0 Å². The second-order valence-corrected chi connectivity index (χ2v) is 4.94. The number of hydrogen-bond acceptors (Lipinski definition) is 1. The zero-order valence-corrected chi connectivity index (χ0v) is 9.78. The van der Waals surface area contributed by atoms with Gasteiger partial charge in [-0.1, -0.05) is 19.8 Å². The van der Waals surface area contributed by atoms with Crippen molar-refractivity contribution in [1.29, 1.82) is 0 Å². The molecule has 2 fully saturated rings. The Morgan fingerprint density at radius 3 is 2.47 bits per heavy atom. The third-order valence-electron chi connectivity index (χ3n) is 3.50. The monoisotopic (exact) mass is 209 g/mol. The smallest absolute Gasteiger partial charge is 0.191 e. The molecule has 86 valence electrons. The van der Waals surface area contributed by atoms with Crippen LogP contribution in [0.15, 0.2) is 4.99 Å². The Bertz CT molecular complexity index is 225. The molecule has 0 bridgehead atoms. The largest absolute Gasteiger partial charge is 0.370 e.